The molecule has 1 aromatic carbocycles. The fraction of sp³-hybridized carbons (Fsp3) is 0.400. The maximum Gasteiger partial charge on any atom is 0.0765 e. The number of hydrogen-bond donors (Lipinski definition) is 2. The minimum atomic E-state index is -0.496. The minimum Gasteiger partial charge on any atom is -0.396 e. The molecule has 0 radical (unpaired) electrons. The van der Waals surface area contributed by atoms with Crippen molar-refractivity contribution in [3.8, 4) is 0 Å². The second-order valence-corrected chi connectivity index (χ2v) is 5.67. The average molecular weight is 293 g/mol. The van der Waals surface area contributed by atoms with Gasteiger partial charge in [-0.1, -0.05) is 11.6 Å². The molecule has 0 aliphatic carbocycles. The van der Waals surface area contributed by atoms with E-state index in [2.05, 4.69) is 9.88 Å². The van der Waals surface area contributed by atoms with Gasteiger partial charge in [0.1, 0.15) is 0 Å². The summed E-state index contributed by atoms with van der Waals surface area (Å²) in [4.78, 5) is 6.48. The third-order valence-electron chi connectivity index (χ3n) is 3.98. The number of aromatic nitrogens is 1. The second-order valence-electron chi connectivity index (χ2n) is 5.24. The lowest BCUT2D eigenvalue weighted by molar-refractivity contribution is 0.0549. The molecule has 2 heterocycles. The van der Waals surface area contributed by atoms with Gasteiger partial charge in [-0.3, -0.25) is 4.98 Å². The van der Waals surface area contributed by atoms with E-state index < -0.39 is 6.10 Å². The topological polar surface area (TPSA) is 56.6 Å². The molecule has 1 saturated heterocycles. The molecule has 3 rings (SSSR count). The zero-order chi connectivity index (χ0) is 14.1. The van der Waals surface area contributed by atoms with Crippen molar-refractivity contribution < 1.29 is 10.2 Å². The van der Waals surface area contributed by atoms with E-state index in [0.717, 1.165) is 29.6 Å². The Labute approximate surface area is 122 Å². The SMILES string of the molecule is OC[C@H]1CCN(c2ccnc3cc(Cl)ccc23)C[C@@H]1O. The molecule has 0 bridgehead atoms. The molecule has 0 saturated carbocycles. The third-order valence-corrected chi connectivity index (χ3v) is 4.21. The highest BCUT2D eigenvalue weighted by Gasteiger charge is 2.27. The summed E-state index contributed by atoms with van der Waals surface area (Å²) in [5.41, 5.74) is 1.91. The molecule has 0 spiro atoms. The van der Waals surface area contributed by atoms with E-state index in [1.807, 2.05) is 24.3 Å². The van der Waals surface area contributed by atoms with E-state index in [9.17, 15) is 10.2 Å². The predicted octanol–water partition coefficient (Wildman–Crippen LogP) is 2.07. The quantitative estimate of drug-likeness (QED) is 0.890. The fourth-order valence-corrected chi connectivity index (χ4v) is 2.96. The molecule has 1 aliphatic rings. The number of rotatable bonds is 2. The number of piperidine rings is 1. The van der Waals surface area contributed by atoms with Gasteiger partial charge in [0.05, 0.1) is 11.6 Å². The van der Waals surface area contributed by atoms with Crippen LogP contribution in [0.4, 0.5) is 5.69 Å². The number of β-amino-alcohol motifs (C(OH)–C–C–N with tert-alkyl or cyclic N) is 1. The molecule has 1 fully saturated rings. The summed E-state index contributed by atoms with van der Waals surface area (Å²) in [6.45, 7) is 1.40. The first-order valence-corrected chi connectivity index (χ1v) is 7.15. The van der Waals surface area contributed by atoms with Crippen LogP contribution in [-0.4, -0.2) is 41.0 Å². The van der Waals surface area contributed by atoms with Crippen LogP contribution in [0.3, 0.4) is 0 Å². The van der Waals surface area contributed by atoms with Gasteiger partial charge in [-0.25, -0.2) is 0 Å². The standard InChI is InChI=1S/C15H17ClN2O2/c16-11-1-2-12-13(7-11)17-5-3-14(12)18-6-4-10(9-19)15(20)8-18/h1-3,5,7,10,15,19-20H,4,6,8-9H2/t10-,15+/m1/s1. The lowest BCUT2D eigenvalue weighted by Crippen LogP contribution is -2.45. The van der Waals surface area contributed by atoms with Crippen molar-refractivity contribution in [3.63, 3.8) is 0 Å². The van der Waals surface area contributed by atoms with Crippen LogP contribution in [-0.2, 0) is 0 Å². The molecule has 5 heteroatoms. The van der Waals surface area contributed by atoms with Crippen molar-refractivity contribution in [2.45, 2.75) is 12.5 Å². The van der Waals surface area contributed by atoms with Crippen molar-refractivity contribution in [1.82, 2.24) is 4.98 Å². The Hall–Kier alpha value is -1.36. The van der Waals surface area contributed by atoms with Gasteiger partial charge >= 0.3 is 0 Å². The van der Waals surface area contributed by atoms with Crippen molar-refractivity contribution >= 4 is 28.2 Å². The van der Waals surface area contributed by atoms with Crippen molar-refractivity contribution in [2.24, 2.45) is 5.92 Å². The van der Waals surface area contributed by atoms with Crippen LogP contribution in [0.15, 0.2) is 30.5 Å². The lowest BCUT2D eigenvalue weighted by Gasteiger charge is -2.37. The molecule has 2 N–H and O–H groups in total. The van der Waals surface area contributed by atoms with Gasteiger partial charge in [-0.15, -0.1) is 0 Å². The Morgan fingerprint density at radius 2 is 2.20 bits per heavy atom. The summed E-state index contributed by atoms with van der Waals surface area (Å²) in [7, 11) is 0. The van der Waals surface area contributed by atoms with Gasteiger partial charge in [-0.05, 0) is 30.7 Å². The number of hydrogen-bond acceptors (Lipinski definition) is 4. The zero-order valence-electron chi connectivity index (χ0n) is 11.0. The Balaban J connectivity index is 1.95. The molecular formula is C15H17ClN2O2. The Bertz CT molecular complexity index is 620. The zero-order valence-corrected chi connectivity index (χ0v) is 11.8. The number of anilines is 1. The average Bonchev–Trinajstić information content (AvgIpc) is 2.46. The number of nitrogens with zero attached hydrogens (tertiary/aromatic N) is 2. The molecule has 0 unspecified atom stereocenters. The maximum atomic E-state index is 10.1. The number of benzene rings is 1. The molecule has 2 aromatic rings. The van der Waals surface area contributed by atoms with Crippen LogP contribution in [0.25, 0.3) is 10.9 Å². The Morgan fingerprint density at radius 3 is 2.95 bits per heavy atom. The van der Waals surface area contributed by atoms with E-state index in [4.69, 9.17) is 11.6 Å². The molecule has 2 atom stereocenters. The number of aliphatic hydroxyl groups is 2. The first kappa shape index (κ1) is 13.6. The van der Waals surface area contributed by atoms with Gasteiger partial charge in [0.15, 0.2) is 0 Å². The maximum absolute atomic E-state index is 10.1. The summed E-state index contributed by atoms with van der Waals surface area (Å²) < 4.78 is 0. The van der Waals surface area contributed by atoms with Crippen molar-refractivity contribution in [1.29, 1.82) is 0 Å². The highest BCUT2D eigenvalue weighted by atomic mass is 35.5. The highest BCUT2D eigenvalue weighted by Crippen LogP contribution is 2.30. The normalized spacial score (nSPS) is 23.2. The molecule has 106 valence electrons. The van der Waals surface area contributed by atoms with Crippen LogP contribution in [0, 0.1) is 5.92 Å². The number of fused-ring (bicyclic) bond motifs is 1. The fourth-order valence-electron chi connectivity index (χ4n) is 2.79. The van der Waals surface area contributed by atoms with Gasteiger partial charge < -0.3 is 15.1 Å². The molecular weight excluding hydrogens is 276 g/mol. The lowest BCUT2D eigenvalue weighted by atomic mass is 9.94. The predicted molar refractivity (Wildman–Crippen MR) is 80.2 cm³/mol. The summed E-state index contributed by atoms with van der Waals surface area (Å²) in [5, 5.41) is 21.0. The molecule has 1 aliphatic heterocycles. The van der Waals surface area contributed by atoms with Crippen molar-refractivity contribution in [3.05, 3.63) is 35.5 Å². The highest BCUT2D eigenvalue weighted by molar-refractivity contribution is 6.31. The molecule has 0 amide bonds. The number of pyridine rings is 1. The van der Waals surface area contributed by atoms with E-state index in [1.165, 1.54) is 0 Å². The van der Waals surface area contributed by atoms with E-state index in [-0.39, 0.29) is 12.5 Å². The van der Waals surface area contributed by atoms with Crippen LogP contribution < -0.4 is 4.90 Å². The number of halogens is 1. The first-order chi connectivity index (χ1) is 9.69. The second kappa shape index (κ2) is 5.56. The summed E-state index contributed by atoms with van der Waals surface area (Å²) >= 11 is 6.00. The molecule has 4 nitrogen and oxygen atoms in total. The Morgan fingerprint density at radius 1 is 1.35 bits per heavy atom. The van der Waals surface area contributed by atoms with E-state index in [0.29, 0.717) is 11.6 Å². The third kappa shape index (κ3) is 2.46. The van der Waals surface area contributed by atoms with Gasteiger partial charge in [0, 0.05) is 47.9 Å². The monoisotopic (exact) mass is 292 g/mol. The van der Waals surface area contributed by atoms with Crippen LogP contribution in [0.5, 0.6) is 0 Å². The summed E-state index contributed by atoms with van der Waals surface area (Å²) in [6.07, 6.45) is 2.05. The van der Waals surface area contributed by atoms with Crippen molar-refractivity contribution in [2.75, 3.05) is 24.6 Å². The van der Waals surface area contributed by atoms with Crippen LogP contribution in [0.1, 0.15) is 6.42 Å². The molecule has 1 aromatic heterocycles. The summed E-state index contributed by atoms with van der Waals surface area (Å²) in [6, 6.07) is 7.62. The van der Waals surface area contributed by atoms with Gasteiger partial charge in [0.2, 0.25) is 0 Å². The first-order valence-electron chi connectivity index (χ1n) is 6.77. The largest absolute Gasteiger partial charge is 0.396 e. The van der Waals surface area contributed by atoms with Crippen LogP contribution >= 0.6 is 11.6 Å². The van der Waals surface area contributed by atoms with Crippen LogP contribution in [0.2, 0.25) is 5.02 Å². The summed E-state index contributed by atoms with van der Waals surface area (Å²) in [5.74, 6) is -0.0196. The van der Waals surface area contributed by atoms with Gasteiger partial charge in [0.25, 0.3) is 0 Å². The smallest absolute Gasteiger partial charge is 0.0765 e. The number of aliphatic hydroxyl groups excluding tert-OH is 2. The van der Waals surface area contributed by atoms with E-state index in [1.54, 1.807) is 6.20 Å². The minimum absolute atomic E-state index is 0.0196. The van der Waals surface area contributed by atoms with E-state index >= 15 is 0 Å². The molecule has 20 heavy (non-hydrogen) atoms. The Kier molecular flexibility index (Phi) is 3.78. The van der Waals surface area contributed by atoms with Gasteiger partial charge in [-0.2, -0.15) is 0 Å².